The number of benzene rings is 1. The molecule has 4 nitrogen and oxygen atoms in total. The summed E-state index contributed by atoms with van der Waals surface area (Å²) >= 11 is 0. The van der Waals surface area contributed by atoms with Crippen molar-refractivity contribution in [2.45, 2.75) is 18.9 Å². The lowest BCUT2D eigenvalue weighted by Crippen LogP contribution is -2.45. The summed E-state index contributed by atoms with van der Waals surface area (Å²) in [6.45, 7) is 3.06. The van der Waals surface area contributed by atoms with Crippen molar-refractivity contribution >= 4 is 12.4 Å². The highest BCUT2D eigenvalue weighted by atomic mass is 35.5. The summed E-state index contributed by atoms with van der Waals surface area (Å²) in [5, 5.41) is 12.3. The molecule has 1 aromatic carbocycles. The average molecular weight is 337 g/mol. The lowest BCUT2D eigenvalue weighted by Gasteiger charge is -2.35. The molecule has 0 amide bonds. The van der Waals surface area contributed by atoms with Gasteiger partial charge in [0.2, 0.25) is 0 Å². The summed E-state index contributed by atoms with van der Waals surface area (Å²) in [5.74, 6) is -1.15. The fourth-order valence-corrected chi connectivity index (χ4v) is 2.80. The molecular weight excluding hydrogens is 314 g/mol. The van der Waals surface area contributed by atoms with E-state index in [2.05, 4.69) is 10.2 Å². The minimum absolute atomic E-state index is 0. The number of aliphatic hydroxyl groups excluding tert-OH is 1. The Hall–Kier alpha value is -0.950. The zero-order valence-electron chi connectivity index (χ0n) is 12.6. The van der Waals surface area contributed by atoms with E-state index < -0.39 is 11.6 Å². The van der Waals surface area contributed by atoms with E-state index in [0.717, 1.165) is 26.2 Å². The van der Waals surface area contributed by atoms with Crippen molar-refractivity contribution in [1.82, 2.24) is 10.2 Å². The van der Waals surface area contributed by atoms with Gasteiger partial charge in [-0.1, -0.05) is 0 Å². The molecule has 1 aromatic rings. The van der Waals surface area contributed by atoms with Crippen molar-refractivity contribution in [3.63, 3.8) is 0 Å². The van der Waals surface area contributed by atoms with Crippen molar-refractivity contribution in [3.05, 3.63) is 29.3 Å². The summed E-state index contributed by atoms with van der Waals surface area (Å²) in [5.41, 5.74) is 0.0460. The van der Waals surface area contributed by atoms with Gasteiger partial charge in [-0.05, 0) is 25.0 Å². The largest absolute Gasteiger partial charge is 0.494 e. The number of halogens is 3. The zero-order valence-corrected chi connectivity index (χ0v) is 13.5. The Balaban J connectivity index is 0.00000242. The number of nitrogens with zero attached hydrogens (tertiary/aromatic N) is 1. The zero-order chi connectivity index (χ0) is 15.2. The number of aliphatic hydroxyl groups is 1. The maximum atomic E-state index is 14.5. The van der Waals surface area contributed by atoms with E-state index >= 15 is 0 Å². The van der Waals surface area contributed by atoms with Crippen molar-refractivity contribution in [2.75, 3.05) is 39.9 Å². The Morgan fingerprint density at radius 3 is 2.59 bits per heavy atom. The van der Waals surface area contributed by atoms with Crippen molar-refractivity contribution < 1.29 is 18.6 Å². The first-order chi connectivity index (χ1) is 10.2. The fourth-order valence-electron chi connectivity index (χ4n) is 2.80. The van der Waals surface area contributed by atoms with E-state index in [1.165, 1.54) is 19.2 Å². The van der Waals surface area contributed by atoms with E-state index in [-0.39, 0.29) is 36.4 Å². The van der Waals surface area contributed by atoms with Gasteiger partial charge in [0.05, 0.1) is 7.11 Å². The quantitative estimate of drug-likeness (QED) is 0.835. The normalized spacial score (nSPS) is 16.9. The third-order valence-electron chi connectivity index (χ3n) is 3.87. The highest BCUT2D eigenvalue weighted by Gasteiger charge is 2.28. The average Bonchev–Trinajstić information content (AvgIpc) is 2.51. The number of hydrogen-bond acceptors (Lipinski definition) is 4. The highest BCUT2D eigenvalue weighted by molar-refractivity contribution is 5.85. The summed E-state index contributed by atoms with van der Waals surface area (Å²) in [6.07, 6.45) is 1.02. The van der Waals surface area contributed by atoms with E-state index in [9.17, 15) is 8.78 Å². The molecule has 0 spiro atoms. The number of rotatable bonds is 6. The molecule has 0 bridgehead atoms. The van der Waals surface area contributed by atoms with Crippen LogP contribution in [-0.2, 0) is 0 Å². The molecule has 0 aliphatic carbocycles. The summed E-state index contributed by atoms with van der Waals surface area (Å²) < 4.78 is 33.7. The first kappa shape index (κ1) is 19.1. The van der Waals surface area contributed by atoms with Gasteiger partial charge in [0.1, 0.15) is 5.82 Å². The molecule has 0 radical (unpaired) electrons. The van der Waals surface area contributed by atoms with Crippen LogP contribution in [0.15, 0.2) is 12.1 Å². The second-order valence-electron chi connectivity index (χ2n) is 5.14. The molecule has 0 aromatic heterocycles. The molecular formula is C15H23ClF2N2O2. The number of nitrogens with one attached hydrogen (secondary N) is 1. The Kier molecular flexibility index (Phi) is 8.03. The molecule has 1 aliphatic heterocycles. The lowest BCUT2D eigenvalue weighted by molar-refractivity contribution is 0.148. The minimum Gasteiger partial charge on any atom is -0.494 e. The van der Waals surface area contributed by atoms with Gasteiger partial charge in [0.25, 0.3) is 0 Å². The molecule has 1 fully saturated rings. The maximum absolute atomic E-state index is 14.5. The topological polar surface area (TPSA) is 44.7 Å². The van der Waals surface area contributed by atoms with Crippen LogP contribution in [0, 0.1) is 11.6 Å². The van der Waals surface area contributed by atoms with Crippen LogP contribution in [0.3, 0.4) is 0 Å². The van der Waals surface area contributed by atoms with Crippen molar-refractivity contribution in [3.8, 4) is 5.75 Å². The van der Waals surface area contributed by atoms with Gasteiger partial charge >= 0.3 is 0 Å². The second kappa shape index (κ2) is 9.25. The van der Waals surface area contributed by atoms with E-state index in [0.29, 0.717) is 12.8 Å². The third kappa shape index (κ3) is 4.29. The van der Waals surface area contributed by atoms with Crippen molar-refractivity contribution in [1.29, 1.82) is 0 Å². The van der Waals surface area contributed by atoms with Crippen LogP contribution in [0.25, 0.3) is 0 Å². The number of piperazine rings is 1. The molecule has 0 unspecified atom stereocenters. The predicted octanol–water partition coefficient (Wildman–Crippen LogP) is 2.11. The van der Waals surface area contributed by atoms with Crippen LogP contribution < -0.4 is 10.1 Å². The van der Waals surface area contributed by atoms with Gasteiger partial charge < -0.3 is 15.2 Å². The van der Waals surface area contributed by atoms with Gasteiger partial charge in [-0.3, -0.25) is 4.90 Å². The first-order valence-corrected chi connectivity index (χ1v) is 7.26. The van der Waals surface area contributed by atoms with Gasteiger partial charge in [-0.25, -0.2) is 8.78 Å². The van der Waals surface area contributed by atoms with Gasteiger partial charge in [0.15, 0.2) is 11.6 Å². The molecule has 1 aliphatic rings. The molecule has 0 saturated carbocycles. The SMILES string of the molecule is COc1ccc(F)c([C@@H](CCCO)N2CCNCC2)c1F.Cl. The predicted molar refractivity (Wildman–Crippen MR) is 83.7 cm³/mol. The molecule has 1 heterocycles. The van der Waals surface area contributed by atoms with Crippen LogP contribution in [-0.4, -0.2) is 49.9 Å². The van der Waals surface area contributed by atoms with Crippen LogP contribution in [0.1, 0.15) is 24.4 Å². The smallest absolute Gasteiger partial charge is 0.172 e. The Morgan fingerprint density at radius 2 is 2.00 bits per heavy atom. The van der Waals surface area contributed by atoms with Crippen molar-refractivity contribution in [2.24, 2.45) is 0 Å². The third-order valence-corrected chi connectivity index (χ3v) is 3.87. The summed E-state index contributed by atoms with van der Waals surface area (Å²) in [7, 11) is 1.37. The van der Waals surface area contributed by atoms with Gasteiger partial charge in [-0.2, -0.15) is 0 Å². The summed E-state index contributed by atoms with van der Waals surface area (Å²) in [4.78, 5) is 2.06. The lowest BCUT2D eigenvalue weighted by atomic mass is 9.98. The molecule has 1 atom stereocenters. The Morgan fingerprint density at radius 1 is 1.32 bits per heavy atom. The van der Waals surface area contributed by atoms with Gasteiger partial charge in [0, 0.05) is 44.4 Å². The highest BCUT2D eigenvalue weighted by Crippen LogP contribution is 2.34. The number of methoxy groups -OCH3 is 1. The first-order valence-electron chi connectivity index (χ1n) is 7.26. The van der Waals surface area contributed by atoms with Crippen LogP contribution in [0.2, 0.25) is 0 Å². The van der Waals surface area contributed by atoms with Gasteiger partial charge in [-0.15, -0.1) is 12.4 Å². The monoisotopic (exact) mass is 336 g/mol. The van der Waals surface area contributed by atoms with E-state index in [1.54, 1.807) is 0 Å². The Bertz CT molecular complexity index is 471. The van der Waals surface area contributed by atoms with Crippen LogP contribution in [0.4, 0.5) is 8.78 Å². The molecule has 126 valence electrons. The maximum Gasteiger partial charge on any atom is 0.172 e. The molecule has 22 heavy (non-hydrogen) atoms. The molecule has 1 saturated heterocycles. The van der Waals surface area contributed by atoms with E-state index in [1.807, 2.05) is 0 Å². The number of hydrogen-bond donors (Lipinski definition) is 2. The molecule has 2 N–H and O–H groups in total. The van der Waals surface area contributed by atoms with Crippen LogP contribution >= 0.6 is 12.4 Å². The molecule has 2 rings (SSSR count). The molecule has 7 heteroatoms. The minimum atomic E-state index is -0.640. The Labute approximate surface area is 135 Å². The standard InChI is InChI=1S/C15H22F2N2O2.ClH/c1-21-13-5-4-11(16)14(15(13)17)12(3-2-10-20)19-8-6-18-7-9-19;/h4-5,12,18,20H,2-3,6-10H2,1H3;1H/t12-;/m1./s1. The van der Waals surface area contributed by atoms with E-state index in [4.69, 9.17) is 9.84 Å². The fraction of sp³-hybridized carbons (Fsp3) is 0.600. The second-order valence-corrected chi connectivity index (χ2v) is 5.14. The van der Waals surface area contributed by atoms with Crippen LogP contribution in [0.5, 0.6) is 5.75 Å². The number of ether oxygens (including phenoxy) is 1. The summed E-state index contributed by atoms with van der Waals surface area (Å²) in [6, 6.07) is 2.16.